The van der Waals surface area contributed by atoms with Gasteiger partial charge in [0.2, 0.25) is 0 Å². The van der Waals surface area contributed by atoms with Gasteiger partial charge in [-0.3, -0.25) is 4.79 Å². The predicted molar refractivity (Wildman–Crippen MR) is 104 cm³/mol. The maximum atomic E-state index is 13.1. The molecule has 1 fully saturated rings. The highest BCUT2D eigenvalue weighted by Gasteiger charge is 2.39. The van der Waals surface area contributed by atoms with E-state index in [0.29, 0.717) is 43.9 Å². The van der Waals surface area contributed by atoms with Crippen LogP contribution < -0.4 is 10.1 Å². The fourth-order valence-electron chi connectivity index (χ4n) is 3.82. The van der Waals surface area contributed by atoms with Crippen molar-refractivity contribution in [2.75, 3.05) is 26.9 Å². The number of amides is 1. The minimum Gasteiger partial charge on any atom is -0.496 e. The van der Waals surface area contributed by atoms with Crippen LogP contribution in [-0.4, -0.2) is 32.8 Å². The van der Waals surface area contributed by atoms with Crippen LogP contribution in [0.4, 0.5) is 26.3 Å². The van der Waals surface area contributed by atoms with Gasteiger partial charge < -0.3 is 14.8 Å². The number of para-hydroxylation sites is 1. The first-order chi connectivity index (χ1) is 15.0. The quantitative estimate of drug-likeness (QED) is 0.622. The molecule has 1 N–H and O–H groups in total. The molecule has 2 aromatic rings. The van der Waals surface area contributed by atoms with Crippen LogP contribution in [0.2, 0.25) is 0 Å². The van der Waals surface area contributed by atoms with E-state index in [2.05, 4.69) is 5.32 Å². The van der Waals surface area contributed by atoms with Gasteiger partial charge in [0.05, 0.1) is 18.2 Å². The molecule has 4 nitrogen and oxygen atoms in total. The monoisotopic (exact) mass is 461 g/mol. The van der Waals surface area contributed by atoms with Crippen molar-refractivity contribution >= 4 is 5.91 Å². The first-order valence-corrected chi connectivity index (χ1v) is 9.75. The summed E-state index contributed by atoms with van der Waals surface area (Å²) in [5, 5.41) is 2.53. The van der Waals surface area contributed by atoms with Crippen molar-refractivity contribution in [3.63, 3.8) is 0 Å². The Morgan fingerprint density at radius 2 is 1.56 bits per heavy atom. The Bertz CT molecular complexity index is 933. The molecule has 10 heteroatoms. The van der Waals surface area contributed by atoms with Crippen molar-refractivity contribution in [2.45, 2.75) is 30.6 Å². The summed E-state index contributed by atoms with van der Waals surface area (Å²) in [6.45, 7) is 0.762. The third kappa shape index (κ3) is 5.17. The molecule has 0 saturated carbocycles. The van der Waals surface area contributed by atoms with Crippen LogP contribution >= 0.6 is 0 Å². The molecule has 0 aliphatic carbocycles. The van der Waals surface area contributed by atoms with Crippen LogP contribution in [-0.2, 0) is 22.5 Å². The zero-order valence-corrected chi connectivity index (χ0v) is 17.1. The van der Waals surface area contributed by atoms with Crippen LogP contribution in [0.15, 0.2) is 42.5 Å². The van der Waals surface area contributed by atoms with E-state index in [1.807, 2.05) is 6.07 Å². The highest BCUT2D eigenvalue weighted by Crippen LogP contribution is 2.40. The first kappa shape index (κ1) is 23.9. The van der Waals surface area contributed by atoms with E-state index >= 15 is 0 Å². The fraction of sp³-hybridized carbons (Fsp3) is 0.409. The second-order valence-electron chi connectivity index (χ2n) is 7.57. The van der Waals surface area contributed by atoms with Crippen LogP contribution in [0, 0.1) is 0 Å². The number of hydrogen-bond donors (Lipinski definition) is 1. The maximum Gasteiger partial charge on any atom is 0.416 e. The molecule has 0 aromatic heterocycles. The molecule has 1 amide bonds. The van der Waals surface area contributed by atoms with E-state index in [1.165, 1.54) is 7.11 Å². The molecule has 1 aliphatic rings. The normalized spacial score (nSPS) is 16.5. The number of hydrogen-bond acceptors (Lipinski definition) is 3. The van der Waals surface area contributed by atoms with Crippen molar-refractivity contribution in [1.29, 1.82) is 0 Å². The Morgan fingerprint density at radius 3 is 2.09 bits per heavy atom. The number of carbonyl (C=O) groups excluding carboxylic acids is 1. The lowest BCUT2D eigenvalue weighted by Crippen LogP contribution is -2.44. The molecule has 1 saturated heterocycles. The Hall–Kier alpha value is -2.75. The SMILES string of the molecule is COc1ccccc1C1(CNC(=O)c2cc(C(F)(F)F)cc(C(F)(F)F)c2)CCOCC1. The van der Waals surface area contributed by atoms with Gasteiger partial charge in [-0.2, -0.15) is 26.3 Å². The number of benzene rings is 2. The van der Waals surface area contributed by atoms with Crippen molar-refractivity contribution in [2.24, 2.45) is 0 Å². The van der Waals surface area contributed by atoms with Gasteiger partial charge in [0, 0.05) is 36.3 Å². The zero-order valence-electron chi connectivity index (χ0n) is 17.1. The van der Waals surface area contributed by atoms with Crippen LogP contribution in [0.25, 0.3) is 0 Å². The summed E-state index contributed by atoms with van der Waals surface area (Å²) in [5.41, 5.74) is -3.65. The molecule has 3 rings (SSSR count). The molecule has 0 unspecified atom stereocenters. The largest absolute Gasteiger partial charge is 0.496 e. The third-order valence-electron chi connectivity index (χ3n) is 5.57. The van der Waals surface area contributed by atoms with Gasteiger partial charge >= 0.3 is 12.4 Å². The number of halogens is 6. The summed E-state index contributed by atoms with van der Waals surface area (Å²) >= 11 is 0. The highest BCUT2D eigenvalue weighted by atomic mass is 19.4. The second-order valence-corrected chi connectivity index (χ2v) is 7.57. The van der Waals surface area contributed by atoms with Gasteiger partial charge in [-0.1, -0.05) is 18.2 Å². The highest BCUT2D eigenvalue weighted by molar-refractivity contribution is 5.94. The number of rotatable bonds is 5. The molecule has 0 spiro atoms. The number of carbonyl (C=O) groups is 1. The van der Waals surface area contributed by atoms with Gasteiger partial charge in [0.25, 0.3) is 5.91 Å². The standard InChI is InChI=1S/C22H21F6NO3/c1-31-18-5-3-2-4-17(18)20(6-8-32-9-7-20)13-29-19(30)14-10-15(21(23,24)25)12-16(11-14)22(26,27)28/h2-5,10-12H,6-9,13H2,1H3,(H,29,30). The minimum atomic E-state index is -5.03. The van der Waals surface area contributed by atoms with E-state index in [1.54, 1.807) is 18.2 Å². The Morgan fingerprint density at radius 1 is 1.00 bits per heavy atom. The van der Waals surface area contributed by atoms with Crippen molar-refractivity contribution < 1.29 is 40.6 Å². The summed E-state index contributed by atoms with van der Waals surface area (Å²) in [6, 6.07) is 7.97. The van der Waals surface area contributed by atoms with Gasteiger partial charge in [0.1, 0.15) is 5.75 Å². The van der Waals surface area contributed by atoms with Gasteiger partial charge in [-0.05, 0) is 37.1 Å². The average molecular weight is 461 g/mol. The van der Waals surface area contributed by atoms with E-state index in [-0.39, 0.29) is 12.6 Å². The Balaban J connectivity index is 1.92. The van der Waals surface area contributed by atoms with E-state index in [9.17, 15) is 31.1 Å². The Kier molecular flexibility index (Phi) is 6.73. The third-order valence-corrected chi connectivity index (χ3v) is 5.57. The molecule has 2 aromatic carbocycles. The maximum absolute atomic E-state index is 13.1. The van der Waals surface area contributed by atoms with Crippen molar-refractivity contribution in [1.82, 2.24) is 5.32 Å². The summed E-state index contributed by atoms with van der Waals surface area (Å²) in [6.07, 6.45) is -9.08. The van der Waals surface area contributed by atoms with Crippen molar-refractivity contribution in [3.05, 3.63) is 64.7 Å². The zero-order chi connectivity index (χ0) is 23.6. The van der Waals surface area contributed by atoms with Crippen LogP contribution in [0.1, 0.15) is 39.9 Å². The molecule has 1 heterocycles. The summed E-state index contributed by atoms with van der Waals surface area (Å²) in [5.74, 6) is -0.454. The molecule has 1 aliphatic heterocycles. The lowest BCUT2D eigenvalue weighted by molar-refractivity contribution is -0.143. The van der Waals surface area contributed by atoms with E-state index in [4.69, 9.17) is 9.47 Å². The summed E-state index contributed by atoms with van der Waals surface area (Å²) in [4.78, 5) is 12.7. The summed E-state index contributed by atoms with van der Waals surface area (Å²) in [7, 11) is 1.49. The van der Waals surface area contributed by atoms with E-state index < -0.39 is 40.4 Å². The van der Waals surface area contributed by atoms with Gasteiger partial charge in [-0.25, -0.2) is 0 Å². The van der Waals surface area contributed by atoms with Gasteiger partial charge in [-0.15, -0.1) is 0 Å². The predicted octanol–water partition coefficient (Wildman–Crippen LogP) is 5.21. The molecular formula is C22H21F6NO3. The van der Waals surface area contributed by atoms with Crippen LogP contribution in [0.3, 0.4) is 0 Å². The van der Waals surface area contributed by atoms with Gasteiger partial charge in [0.15, 0.2) is 0 Å². The number of alkyl halides is 6. The summed E-state index contributed by atoms with van der Waals surface area (Å²) < 4.78 is 89.5. The Labute approximate surface area is 180 Å². The molecule has 0 radical (unpaired) electrons. The number of ether oxygens (including phenoxy) is 2. The van der Waals surface area contributed by atoms with Crippen LogP contribution in [0.5, 0.6) is 5.75 Å². The number of nitrogens with one attached hydrogen (secondary N) is 1. The number of methoxy groups -OCH3 is 1. The lowest BCUT2D eigenvalue weighted by atomic mass is 9.73. The molecule has 174 valence electrons. The second kappa shape index (κ2) is 9.01. The smallest absolute Gasteiger partial charge is 0.416 e. The van der Waals surface area contributed by atoms with Crippen molar-refractivity contribution in [3.8, 4) is 5.75 Å². The average Bonchev–Trinajstić information content (AvgIpc) is 2.76. The fourth-order valence-corrected chi connectivity index (χ4v) is 3.82. The molecule has 0 atom stereocenters. The first-order valence-electron chi connectivity index (χ1n) is 9.75. The van der Waals surface area contributed by atoms with E-state index in [0.717, 1.165) is 5.56 Å². The minimum absolute atomic E-state index is 0.00678. The molecule has 32 heavy (non-hydrogen) atoms. The molecule has 0 bridgehead atoms. The lowest BCUT2D eigenvalue weighted by Gasteiger charge is -2.38. The topological polar surface area (TPSA) is 47.6 Å². The molecular weight excluding hydrogens is 440 g/mol.